The maximum Gasteiger partial charge on any atom is 0.241 e. The number of rotatable bonds is 7. The van der Waals surface area contributed by atoms with Crippen LogP contribution in [-0.2, 0) is 16.2 Å². The Labute approximate surface area is 177 Å². The van der Waals surface area contributed by atoms with Gasteiger partial charge in [-0.15, -0.1) is 0 Å². The van der Waals surface area contributed by atoms with E-state index in [0.717, 1.165) is 42.9 Å². The molecule has 2 fully saturated rings. The van der Waals surface area contributed by atoms with Gasteiger partial charge in [-0.05, 0) is 49.6 Å². The second-order valence-corrected chi connectivity index (χ2v) is 8.10. The molecule has 6 nitrogen and oxygen atoms in total. The highest BCUT2D eigenvalue weighted by Gasteiger charge is 2.35. The van der Waals surface area contributed by atoms with Crippen molar-refractivity contribution in [1.82, 2.24) is 9.80 Å². The third-order valence-electron chi connectivity index (χ3n) is 5.85. The Morgan fingerprint density at radius 3 is 2.30 bits per heavy atom. The van der Waals surface area contributed by atoms with E-state index in [9.17, 15) is 9.59 Å². The van der Waals surface area contributed by atoms with Gasteiger partial charge in [0.1, 0.15) is 12.4 Å². The molecule has 1 saturated carbocycles. The van der Waals surface area contributed by atoms with Gasteiger partial charge >= 0.3 is 0 Å². The molecule has 1 atom stereocenters. The van der Waals surface area contributed by atoms with Crippen LogP contribution in [0.2, 0.25) is 0 Å². The number of carbonyl (C=O) groups is 2. The van der Waals surface area contributed by atoms with Gasteiger partial charge in [0, 0.05) is 37.8 Å². The highest BCUT2D eigenvalue weighted by molar-refractivity contribution is 5.94. The minimum atomic E-state index is -0.239. The van der Waals surface area contributed by atoms with Gasteiger partial charge in [-0.3, -0.25) is 14.5 Å². The summed E-state index contributed by atoms with van der Waals surface area (Å²) in [7, 11) is 0. The topological polar surface area (TPSA) is 61.9 Å². The monoisotopic (exact) mass is 407 g/mol. The van der Waals surface area contributed by atoms with Crippen LogP contribution in [0.3, 0.4) is 0 Å². The minimum Gasteiger partial charge on any atom is -0.489 e. The predicted molar refractivity (Wildman–Crippen MR) is 116 cm³/mol. The van der Waals surface area contributed by atoms with E-state index in [0.29, 0.717) is 25.6 Å². The summed E-state index contributed by atoms with van der Waals surface area (Å²) in [6.07, 6.45) is 2.07. The third kappa shape index (κ3) is 5.19. The number of carbonyl (C=O) groups excluding carboxylic acids is 2. The van der Waals surface area contributed by atoms with Crippen molar-refractivity contribution >= 4 is 17.5 Å². The first kappa shape index (κ1) is 20.4. The van der Waals surface area contributed by atoms with E-state index in [2.05, 4.69) is 10.2 Å². The molecule has 1 N–H and O–H groups in total. The van der Waals surface area contributed by atoms with E-state index in [1.807, 2.05) is 66.4 Å². The summed E-state index contributed by atoms with van der Waals surface area (Å²) < 4.78 is 5.79. The van der Waals surface area contributed by atoms with E-state index in [4.69, 9.17) is 4.74 Å². The number of benzene rings is 2. The lowest BCUT2D eigenvalue weighted by molar-refractivity contribution is -0.135. The molecule has 0 bridgehead atoms. The smallest absolute Gasteiger partial charge is 0.241 e. The first-order valence-electron chi connectivity index (χ1n) is 10.7. The fourth-order valence-electron chi connectivity index (χ4n) is 3.71. The van der Waals surface area contributed by atoms with Crippen molar-refractivity contribution < 1.29 is 14.3 Å². The van der Waals surface area contributed by atoms with Crippen molar-refractivity contribution in [3.63, 3.8) is 0 Å². The Kier molecular flexibility index (Phi) is 6.33. The van der Waals surface area contributed by atoms with Crippen LogP contribution in [0.25, 0.3) is 0 Å². The molecule has 2 aromatic carbocycles. The molecule has 2 aliphatic rings. The SMILES string of the molecule is C[C@H](C(=O)Nc1ccc(OCc2ccccc2)cc1)N1CCN(C(=O)C2CC2)CC1. The molecule has 4 rings (SSSR count). The Hall–Kier alpha value is -2.86. The molecule has 1 saturated heterocycles. The van der Waals surface area contributed by atoms with Gasteiger partial charge in [0.2, 0.25) is 11.8 Å². The van der Waals surface area contributed by atoms with Gasteiger partial charge in [-0.2, -0.15) is 0 Å². The molecule has 6 heteroatoms. The number of piperazine rings is 1. The highest BCUT2D eigenvalue weighted by Crippen LogP contribution is 2.31. The predicted octanol–water partition coefficient (Wildman–Crippen LogP) is 3.15. The van der Waals surface area contributed by atoms with Crippen molar-refractivity contribution in [2.75, 3.05) is 31.5 Å². The third-order valence-corrected chi connectivity index (χ3v) is 5.85. The van der Waals surface area contributed by atoms with Crippen molar-refractivity contribution in [1.29, 1.82) is 0 Å². The van der Waals surface area contributed by atoms with E-state index in [1.165, 1.54) is 0 Å². The van der Waals surface area contributed by atoms with Crippen LogP contribution >= 0.6 is 0 Å². The summed E-state index contributed by atoms with van der Waals surface area (Å²) in [5, 5.41) is 2.99. The van der Waals surface area contributed by atoms with Crippen molar-refractivity contribution in [2.45, 2.75) is 32.4 Å². The largest absolute Gasteiger partial charge is 0.489 e. The van der Waals surface area contributed by atoms with Gasteiger partial charge in [0.15, 0.2) is 0 Å². The standard InChI is InChI=1S/C24H29N3O3/c1-18(26-13-15-27(16-14-26)24(29)20-7-8-20)23(28)25-21-9-11-22(12-10-21)30-17-19-5-3-2-4-6-19/h2-6,9-12,18,20H,7-8,13-17H2,1H3,(H,25,28)/t18-/m1/s1. The number of ether oxygens (including phenoxy) is 1. The molecule has 0 radical (unpaired) electrons. The average molecular weight is 408 g/mol. The fourth-order valence-corrected chi connectivity index (χ4v) is 3.71. The van der Waals surface area contributed by atoms with Crippen LogP contribution in [0, 0.1) is 5.92 Å². The summed E-state index contributed by atoms with van der Waals surface area (Å²) in [5.74, 6) is 1.29. The molecule has 30 heavy (non-hydrogen) atoms. The summed E-state index contributed by atoms with van der Waals surface area (Å²) in [6, 6.07) is 17.2. The van der Waals surface area contributed by atoms with Crippen molar-refractivity contribution in [2.24, 2.45) is 5.92 Å². The van der Waals surface area contributed by atoms with Gasteiger partial charge in [-0.1, -0.05) is 30.3 Å². The Balaban J connectivity index is 1.23. The molecule has 1 aliphatic carbocycles. The fraction of sp³-hybridized carbons (Fsp3) is 0.417. The number of nitrogens with zero attached hydrogens (tertiary/aromatic N) is 2. The number of hydrogen-bond donors (Lipinski definition) is 1. The van der Waals surface area contributed by atoms with Crippen LogP contribution in [-0.4, -0.2) is 53.8 Å². The molecule has 158 valence electrons. The quantitative estimate of drug-likeness (QED) is 0.766. The molecule has 0 unspecified atom stereocenters. The van der Waals surface area contributed by atoms with E-state index < -0.39 is 0 Å². The normalized spacial score (nSPS) is 18.0. The summed E-state index contributed by atoms with van der Waals surface area (Å²) >= 11 is 0. The minimum absolute atomic E-state index is 0.0325. The second kappa shape index (κ2) is 9.30. The van der Waals surface area contributed by atoms with Gasteiger partial charge in [0.05, 0.1) is 6.04 Å². The summed E-state index contributed by atoms with van der Waals surface area (Å²) in [4.78, 5) is 29.0. The number of amides is 2. The van der Waals surface area contributed by atoms with Crippen LogP contribution in [0.5, 0.6) is 5.75 Å². The highest BCUT2D eigenvalue weighted by atomic mass is 16.5. The maximum atomic E-state index is 12.7. The zero-order chi connectivity index (χ0) is 20.9. The van der Waals surface area contributed by atoms with Crippen LogP contribution < -0.4 is 10.1 Å². The lowest BCUT2D eigenvalue weighted by Crippen LogP contribution is -2.54. The zero-order valence-corrected chi connectivity index (χ0v) is 17.4. The van der Waals surface area contributed by atoms with Crippen LogP contribution in [0.1, 0.15) is 25.3 Å². The average Bonchev–Trinajstić information content (AvgIpc) is 3.64. The van der Waals surface area contributed by atoms with Crippen molar-refractivity contribution in [3.05, 3.63) is 60.2 Å². The van der Waals surface area contributed by atoms with E-state index in [1.54, 1.807) is 0 Å². The summed E-state index contributed by atoms with van der Waals surface area (Å²) in [6.45, 7) is 5.32. The van der Waals surface area contributed by atoms with Gasteiger partial charge in [-0.25, -0.2) is 0 Å². The molecule has 2 aromatic rings. The Morgan fingerprint density at radius 1 is 1.00 bits per heavy atom. The lowest BCUT2D eigenvalue weighted by atomic mass is 10.2. The molecule has 2 amide bonds. The Bertz CT molecular complexity index is 857. The molecule has 0 spiro atoms. The van der Waals surface area contributed by atoms with Gasteiger partial charge in [0.25, 0.3) is 0 Å². The first-order valence-corrected chi connectivity index (χ1v) is 10.7. The van der Waals surface area contributed by atoms with Crippen molar-refractivity contribution in [3.8, 4) is 5.75 Å². The lowest BCUT2D eigenvalue weighted by Gasteiger charge is -2.37. The van der Waals surface area contributed by atoms with Crippen LogP contribution in [0.4, 0.5) is 5.69 Å². The second-order valence-electron chi connectivity index (χ2n) is 8.10. The number of anilines is 1. The number of nitrogens with one attached hydrogen (secondary N) is 1. The van der Waals surface area contributed by atoms with E-state index >= 15 is 0 Å². The van der Waals surface area contributed by atoms with Crippen LogP contribution in [0.15, 0.2) is 54.6 Å². The van der Waals surface area contributed by atoms with Gasteiger partial charge < -0.3 is 15.0 Å². The molecular formula is C24H29N3O3. The zero-order valence-electron chi connectivity index (χ0n) is 17.4. The summed E-state index contributed by atoms with van der Waals surface area (Å²) in [5.41, 5.74) is 1.86. The Morgan fingerprint density at radius 2 is 1.67 bits per heavy atom. The first-order chi connectivity index (χ1) is 14.6. The number of hydrogen-bond acceptors (Lipinski definition) is 4. The molecule has 1 heterocycles. The van der Waals surface area contributed by atoms with E-state index in [-0.39, 0.29) is 17.9 Å². The molecule has 1 aliphatic heterocycles. The molecule has 0 aromatic heterocycles. The molecular weight excluding hydrogens is 378 g/mol. The maximum absolute atomic E-state index is 12.7.